The molecule has 6 aromatic heterocycles. The van der Waals surface area contributed by atoms with Gasteiger partial charge in [-0.1, -0.05) is 36.4 Å². The molecule has 28 heteroatoms. The van der Waals surface area contributed by atoms with Crippen molar-refractivity contribution in [1.82, 2.24) is 29.9 Å². The third-order valence-electron chi connectivity index (χ3n) is 14.2. The molecule has 0 atom stereocenters. The summed E-state index contributed by atoms with van der Waals surface area (Å²) in [5.74, 6) is -1.40. The van der Waals surface area contributed by atoms with Gasteiger partial charge in [-0.15, -0.1) is 0 Å². The number of aromatic nitrogens is 6. The minimum absolute atomic E-state index is 0.127. The topological polar surface area (TPSA) is 259 Å². The molecule has 6 N–H and O–H groups in total. The largest absolute Gasteiger partial charge is 0.488 e. The number of benzene rings is 4. The third-order valence-corrected chi connectivity index (χ3v) is 16.0. The van der Waals surface area contributed by atoms with E-state index in [1.54, 1.807) is 61.2 Å². The van der Waals surface area contributed by atoms with Gasteiger partial charge in [0.15, 0.2) is 0 Å². The molecule has 464 valence electrons. The lowest BCUT2D eigenvalue weighted by molar-refractivity contribution is 0.122. The van der Waals surface area contributed by atoms with Crippen molar-refractivity contribution in [2.45, 2.75) is 13.8 Å². The third kappa shape index (κ3) is 15.7. The van der Waals surface area contributed by atoms with Crippen LogP contribution in [0, 0.1) is 37.1 Å². The Bertz CT molecular complexity index is 4510. The van der Waals surface area contributed by atoms with Crippen molar-refractivity contribution < 1.29 is 53.9 Å². The first-order valence-corrected chi connectivity index (χ1v) is 32.4. The number of nitrogens with one attached hydrogen (secondary N) is 4. The monoisotopic (exact) mass is 1330 g/mol. The Morgan fingerprint density at radius 1 is 0.556 bits per heavy atom. The molecule has 2 saturated heterocycles. The molecule has 0 amide bonds. The van der Waals surface area contributed by atoms with Gasteiger partial charge >= 0.3 is 7.12 Å². The van der Waals surface area contributed by atoms with Crippen molar-refractivity contribution in [2.75, 3.05) is 95.0 Å². The standard InChI is InChI=1S/C31H28F2N6O3S.C24H20BrF2N5O.C7H10BNO4S/c1-19-30(25-8-3-4-9-34-25)37-27-16-21(32)15-24(33)29(27)31(19)36-26-17-28(39-10-12-42-13-11-39)35-18-23(26)20-6-5-7-22(14-20)38-43(2,40)41;1-14-23(18-4-2-3-5-28-18)31-20-11-15(26)10-17(27)22(20)24(14)30-19-12-21(29-13-16(19)25)32-6-8-33-9-7-32;1-14(12,13)9-7-4-2-3-6(5-7)8(10)11/h3-9,14-18,38H,10-13H2,1-2H3,(H,35,36,37);2-5,10-13H,6-9H2,1H3,(H,29,30,31);2-5,9-11H,1H3. The normalized spacial score (nSPS) is 13.4. The van der Waals surface area contributed by atoms with E-state index in [0.29, 0.717) is 129 Å². The molecule has 0 saturated carbocycles. The molecule has 2 fully saturated rings. The van der Waals surface area contributed by atoms with Crippen molar-refractivity contribution in [1.29, 1.82) is 0 Å². The maximum absolute atomic E-state index is 15.5. The number of hydrogen-bond acceptors (Lipinski definition) is 18. The molecule has 0 aliphatic carbocycles. The van der Waals surface area contributed by atoms with Crippen molar-refractivity contribution in [2.24, 2.45) is 0 Å². The zero-order valence-electron chi connectivity index (χ0n) is 48.7. The van der Waals surface area contributed by atoms with Crippen LogP contribution in [0.25, 0.3) is 55.7 Å². The van der Waals surface area contributed by atoms with Crippen molar-refractivity contribution in [3.8, 4) is 33.9 Å². The predicted octanol–water partition coefficient (Wildman–Crippen LogP) is 10.3. The smallest absolute Gasteiger partial charge is 0.423 e. The van der Waals surface area contributed by atoms with Crippen LogP contribution in [0.3, 0.4) is 0 Å². The van der Waals surface area contributed by atoms with Gasteiger partial charge in [0, 0.05) is 115 Å². The number of fused-ring (bicyclic) bond motifs is 2. The van der Waals surface area contributed by atoms with Gasteiger partial charge in [0.05, 0.1) is 111 Å². The Morgan fingerprint density at radius 2 is 1.02 bits per heavy atom. The van der Waals surface area contributed by atoms with Crippen LogP contribution in [0.2, 0.25) is 0 Å². The number of sulfonamides is 2. The lowest BCUT2D eigenvalue weighted by atomic mass is 9.80. The maximum atomic E-state index is 15.5. The molecular weight excluding hydrogens is 1270 g/mol. The molecule has 0 radical (unpaired) electrons. The fraction of sp³-hybridized carbons (Fsp3) is 0.194. The minimum Gasteiger partial charge on any atom is -0.423 e. The van der Waals surface area contributed by atoms with E-state index in [-0.39, 0.29) is 27.3 Å². The Balaban J connectivity index is 0.000000167. The highest BCUT2D eigenvalue weighted by molar-refractivity contribution is 9.10. The Labute approximate surface area is 524 Å². The number of halogens is 5. The number of rotatable bonds is 14. The quantitative estimate of drug-likeness (QED) is 0.0437. The molecular formula is C62H58BBrF4N12O8S2. The maximum Gasteiger partial charge on any atom is 0.488 e. The van der Waals surface area contributed by atoms with Gasteiger partial charge in [-0.05, 0) is 89.3 Å². The van der Waals surface area contributed by atoms with Crippen LogP contribution < -0.4 is 35.3 Å². The highest BCUT2D eigenvalue weighted by Crippen LogP contribution is 2.42. The zero-order valence-corrected chi connectivity index (χ0v) is 51.9. The minimum atomic E-state index is -3.51. The second-order valence-corrected chi connectivity index (χ2v) is 25.2. The number of hydrogen-bond donors (Lipinski definition) is 6. The van der Waals surface area contributed by atoms with Crippen molar-refractivity contribution in [3.63, 3.8) is 0 Å². The summed E-state index contributed by atoms with van der Waals surface area (Å²) >= 11 is 3.54. The second kappa shape index (κ2) is 27.9. The van der Waals surface area contributed by atoms with Gasteiger partial charge in [-0.3, -0.25) is 19.4 Å². The summed E-state index contributed by atoms with van der Waals surface area (Å²) in [7, 11) is -8.44. The molecule has 0 bridgehead atoms. The molecule has 12 rings (SSSR count). The average molecular weight is 1330 g/mol. The van der Waals surface area contributed by atoms with Gasteiger partial charge in [-0.25, -0.2) is 54.3 Å². The number of nitrogens with zero attached hydrogens (tertiary/aromatic N) is 8. The molecule has 2 aliphatic heterocycles. The molecule has 2 aliphatic rings. The first-order chi connectivity index (χ1) is 43.0. The summed E-state index contributed by atoms with van der Waals surface area (Å²) < 4.78 is 121. The fourth-order valence-corrected chi connectivity index (χ4v) is 11.5. The Kier molecular flexibility index (Phi) is 19.9. The molecule has 8 heterocycles. The van der Waals surface area contributed by atoms with Gasteiger partial charge in [-0.2, -0.15) is 0 Å². The van der Waals surface area contributed by atoms with E-state index in [0.717, 1.165) is 43.6 Å². The predicted molar refractivity (Wildman–Crippen MR) is 347 cm³/mol. The summed E-state index contributed by atoms with van der Waals surface area (Å²) in [6.07, 6.45) is 8.80. The lowest BCUT2D eigenvalue weighted by Crippen LogP contribution is -2.36. The van der Waals surface area contributed by atoms with E-state index >= 15 is 8.78 Å². The van der Waals surface area contributed by atoms with Crippen molar-refractivity contribution in [3.05, 3.63) is 185 Å². The highest BCUT2D eigenvalue weighted by Gasteiger charge is 2.24. The van der Waals surface area contributed by atoms with Crippen LogP contribution >= 0.6 is 15.9 Å². The van der Waals surface area contributed by atoms with E-state index in [9.17, 15) is 25.6 Å². The second-order valence-electron chi connectivity index (χ2n) is 20.8. The fourth-order valence-electron chi connectivity index (χ4n) is 10.1. The number of morpholine rings is 2. The lowest BCUT2D eigenvalue weighted by Gasteiger charge is -2.28. The van der Waals surface area contributed by atoms with Crippen LogP contribution in [0.15, 0.2) is 151 Å². The SMILES string of the molecule is CS(=O)(=O)Nc1cccc(B(O)O)c1.Cc1c(-c2ccccn2)nc2cc(F)cc(F)c2c1Nc1cc(N2CCOCC2)ncc1-c1cccc(NS(C)(=O)=O)c1.Cc1c(-c2ccccn2)nc2cc(F)cc(F)c2c1Nc1cc(N2CCOCC2)ncc1Br. The summed E-state index contributed by atoms with van der Waals surface area (Å²) in [4.78, 5) is 31.4. The van der Waals surface area contributed by atoms with Gasteiger partial charge < -0.3 is 40.0 Å². The molecule has 0 spiro atoms. The van der Waals surface area contributed by atoms with Crippen LogP contribution in [-0.2, 0) is 29.5 Å². The van der Waals surface area contributed by atoms with E-state index in [1.165, 1.54) is 36.4 Å². The number of pyridine rings is 6. The van der Waals surface area contributed by atoms with Crippen LogP contribution in [0.5, 0.6) is 0 Å². The number of ether oxygens (including phenoxy) is 2. The Hall–Kier alpha value is -8.90. The Morgan fingerprint density at radius 3 is 1.50 bits per heavy atom. The molecule has 90 heavy (non-hydrogen) atoms. The first kappa shape index (κ1) is 64.1. The summed E-state index contributed by atoms with van der Waals surface area (Å²) in [6.45, 7) is 8.82. The van der Waals surface area contributed by atoms with E-state index in [4.69, 9.17) is 24.5 Å². The first-order valence-electron chi connectivity index (χ1n) is 27.8. The molecule has 20 nitrogen and oxygen atoms in total. The van der Waals surface area contributed by atoms with Crippen LogP contribution in [0.1, 0.15) is 11.1 Å². The van der Waals surface area contributed by atoms with Crippen LogP contribution in [0.4, 0.5) is 63.3 Å². The van der Waals surface area contributed by atoms with E-state index in [1.807, 2.05) is 50.2 Å². The highest BCUT2D eigenvalue weighted by atomic mass is 79.9. The van der Waals surface area contributed by atoms with Gasteiger partial charge in [0.1, 0.15) is 34.9 Å². The zero-order chi connectivity index (χ0) is 63.9. The molecule has 10 aromatic rings. The van der Waals surface area contributed by atoms with E-state index < -0.39 is 50.4 Å². The van der Waals surface area contributed by atoms with Gasteiger partial charge in [0.25, 0.3) is 0 Å². The molecule has 4 aromatic carbocycles. The summed E-state index contributed by atoms with van der Waals surface area (Å²) in [5, 5.41) is 24.8. The summed E-state index contributed by atoms with van der Waals surface area (Å²) in [6, 6.07) is 31.6. The van der Waals surface area contributed by atoms with Crippen LogP contribution in [-0.4, -0.2) is 129 Å². The molecule has 0 unspecified atom stereocenters. The average Bonchev–Trinajstić information content (AvgIpc) is 0.837. The van der Waals surface area contributed by atoms with E-state index in [2.05, 4.69) is 70.7 Å². The van der Waals surface area contributed by atoms with Gasteiger partial charge in [0.2, 0.25) is 20.0 Å². The summed E-state index contributed by atoms with van der Waals surface area (Å²) in [5.41, 5.74) is 8.26. The number of anilines is 8. The van der Waals surface area contributed by atoms with Crippen molar-refractivity contribution >= 4 is 116 Å².